The average molecular weight is 497 g/mol. The van der Waals surface area contributed by atoms with Crippen molar-refractivity contribution in [3.8, 4) is 5.75 Å². The summed E-state index contributed by atoms with van der Waals surface area (Å²) in [5, 5.41) is 2.29. The van der Waals surface area contributed by atoms with E-state index in [2.05, 4.69) is 16.2 Å². The normalized spacial score (nSPS) is 11.5. The number of carbonyl (C=O) groups is 2. The Kier molecular flexibility index (Phi) is 7.52. The van der Waals surface area contributed by atoms with E-state index in [0.29, 0.717) is 0 Å². The third-order valence-electron chi connectivity index (χ3n) is 4.50. The van der Waals surface area contributed by atoms with Gasteiger partial charge in [0.15, 0.2) is 6.61 Å². The second-order valence-corrected chi connectivity index (χ2v) is 7.06. The van der Waals surface area contributed by atoms with Crippen molar-refractivity contribution in [1.82, 2.24) is 5.43 Å². The van der Waals surface area contributed by atoms with Gasteiger partial charge in [0.1, 0.15) is 5.75 Å². The van der Waals surface area contributed by atoms with Gasteiger partial charge in [0.25, 0.3) is 11.8 Å². The fourth-order valence-corrected chi connectivity index (χ4v) is 2.86. The molecule has 3 aromatic rings. The van der Waals surface area contributed by atoms with Crippen LogP contribution in [0, 0.1) is 0 Å². The van der Waals surface area contributed by atoms with Gasteiger partial charge in [0.2, 0.25) is 0 Å². The van der Waals surface area contributed by atoms with E-state index in [0.717, 1.165) is 30.3 Å². The molecule has 0 radical (unpaired) electrons. The highest BCUT2D eigenvalue weighted by atomic mass is 19.4. The maximum atomic E-state index is 13.0. The van der Waals surface area contributed by atoms with Crippen molar-refractivity contribution >= 4 is 23.2 Å². The predicted molar refractivity (Wildman–Crippen MR) is 115 cm³/mol. The summed E-state index contributed by atoms with van der Waals surface area (Å²) in [5.41, 5.74) is 2.23. The predicted octanol–water partition coefficient (Wildman–Crippen LogP) is 5.50. The third kappa shape index (κ3) is 7.13. The number of hydrogen-bond donors (Lipinski definition) is 3. The molecule has 0 aromatic heterocycles. The molecule has 0 aliphatic heterocycles. The summed E-state index contributed by atoms with van der Waals surface area (Å²) in [7, 11) is 0. The lowest BCUT2D eigenvalue weighted by molar-refractivity contribution is -0.138. The number of ether oxygens (including phenoxy) is 1. The Balaban J connectivity index is 1.52. The van der Waals surface area contributed by atoms with Gasteiger partial charge in [0.05, 0.1) is 16.8 Å². The summed E-state index contributed by atoms with van der Waals surface area (Å²) in [6.45, 7) is -0.516. The van der Waals surface area contributed by atoms with Gasteiger partial charge < -0.3 is 10.1 Å². The van der Waals surface area contributed by atoms with Gasteiger partial charge in [-0.05, 0) is 54.6 Å². The summed E-state index contributed by atoms with van der Waals surface area (Å²) in [6, 6.07) is 14.0. The average Bonchev–Trinajstić information content (AvgIpc) is 2.81. The number of benzene rings is 3. The molecule has 0 bridgehead atoms. The molecular formula is C23H17F6N3O3. The number of nitrogens with one attached hydrogen (secondary N) is 3. The highest BCUT2D eigenvalue weighted by Gasteiger charge is 2.33. The molecule has 12 heteroatoms. The molecule has 3 aromatic carbocycles. The first-order valence-electron chi connectivity index (χ1n) is 9.86. The molecule has 3 rings (SSSR count). The van der Waals surface area contributed by atoms with Crippen LogP contribution in [-0.2, 0) is 17.1 Å². The number of halogens is 6. The molecule has 2 amide bonds. The number of para-hydroxylation sites is 1. The highest BCUT2D eigenvalue weighted by molar-refractivity contribution is 5.95. The minimum atomic E-state index is -4.61. The number of rotatable bonds is 7. The molecule has 0 heterocycles. The van der Waals surface area contributed by atoms with Crippen LogP contribution in [0.25, 0.3) is 0 Å². The Bertz CT molecular complexity index is 1190. The Morgan fingerprint density at radius 3 is 2.14 bits per heavy atom. The van der Waals surface area contributed by atoms with Crippen LogP contribution in [0.3, 0.4) is 0 Å². The van der Waals surface area contributed by atoms with Crippen molar-refractivity contribution < 1.29 is 40.7 Å². The Hall–Kier alpha value is -4.22. The van der Waals surface area contributed by atoms with Gasteiger partial charge >= 0.3 is 12.4 Å². The van der Waals surface area contributed by atoms with Crippen LogP contribution in [0.1, 0.15) is 21.5 Å². The first-order valence-corrected chi connectivity index (χ1v) is 9.86. The summed E-state index contributed by atoms with van der Waals surface area (Å²) in [6.07, 6.45) is -9.16. The fraction of sp³-hybridized carbons (Fsp3) is 0.130. The number of hydrazine groups is 1. The summed E-state index contributed by atoms with van der Waals surface area (Å²) >= 11 is 0. The molecule has 35 heavy (non-hydrogen) atoms. The molecular weight excluding hydrogens is 480 g/mol. The Morgan fingerprint density at radius 2 is 1.49 bits per heavy atom. The lowest BCUT2D eigenvalue weighted by Crippen LogP contribution is -2.30. The van der Waals surface area contributed by atoms with Crippen LogP contribution >= 0.6 is 0 Å². The molecule has 3 N–H and O–H groups in total. The van der Waals surface area contributed by atoms with Crippen LogP contribution in [0.2, 0.25) is 0 Å². The standard InChI is InChI=1S/C23H17F6N3O3/c24-22(25,26)15-4-3-5-16(12-15)30-20(33)13-35-17-10-8-14(9-11-17)21(34)32-31-19-7-2-1-6-18(19)23(27,28)29/h1-12,31H,13H2,(H,30,33)(H,32,34). The number of hydrogen-bond acceptors (Lipinski definition) is 4. The van der Waals surface area contributed by atoms with Gasteiger partial charge in [-0.15, -0.1) is 0 Å². The quantitative estimate of drug-likeness (QED) is 0.298. The van der Waals surface area contributed by atoms with E-state index in [1.807, 2.05) is 0 Å². The number of carbonyl (C=O) groups excluding carboxylic acids is 2. The summed E-state index contributed by atoms with van der Waals surface area (Å²) in [5.74, 6) is -1.26. The van der Waals surface area contributed by atoms with Crippen LogP contribution in [0.5, 0.6) is 5.75 Å². The molecule has 6 nitrogen and oxygen atoms in total. The van der Waals surface area contributed by atoms with Crippen molar-refractivity contribution in [2.45, 2.75) is 12.4 Å². The number of alkyl halides is 6. The summed E-state index contributed by atoms with van der Waals surface area (Å²) < 4.78 is 82.5. The topological polar surface area (TPSA) is 79.5 Å². The van der Waals surface area contributed by atoms with Crippen molar-refractivity contribution in [3.05, 3.63) is 89.5 Å². The largest absolute Gasteiger partial charge is 0.484 e. The van der Waals surface area contributed by atoms with E-state index in [9.17, 15) is 35.9 Å². The van der Waals surface area contributed by atoms with Crippen molar-refractivity contribution in [1.29, 1.82) is 0 Å². The monoisotopic (exact) mass is 497 g/mol. The van der Waals surface area contributed by atoms with Crippen LogP contribution in [0.4, 0.5) is 37.7 Å². The van der Waals surface area contributed by atoms with E-state index in [1.54, 1.807) is 0 Å². The first-order chi connectivity index (χ1) is 16.4. The van der Waals surface area contributed by atoms with Crippen LogP contribution < -0.4 is 20.9 Å². The number of anilines is 2. The first kappa shape index (κ1) is 25.4. The zero-order valence-electron chi connectivity index (χ0n) is 17.6. The third-order valence-corrected chi connectivity index (χ3v) is 4.50. The Morgan fingerprint density at radius 1 is 0.800 bits per heavy atom. The fourth-order valence-electron chi connectivity index (χ4n) is 2.86. The van der Waals surface area contributed by atoms with Crippen molar-refractivity contribution in [2.75, 3.05) is 17.3 Å². The molecule has 0 unspecified atom stereocenters. The Labute approximate surface area is 194 Å². The summed E-state index contributed by atoms with van der Waals surface area (Å²) in [4.78, 5) is 24.2. The van der Waals surface area contributed by atoms with Gasteiger partial charge in [-0.2, -0.15) is 26.3 Å². The van der Waals surface area contributed by atoms with Crippen molar-refractivity contribution in [3.63, 3.8) is 0 Å². The molecule has 0 spiro atoms. The lowest BCUT2D eigenvalue weighted by Gasteiger charge is -2.15. The van der Waals surface area contributed by atoms with Crippen LogP contribution in [0.15, 0.2) is 72.8 Å². The zero-order valence-corrected chi connectivity index (χ0v) is 17.6. The molecule has 0 fully saturated rings. The van der Waals surface area contributed by atoms with Gasteiger partial charge in [-0.3, -0.25) is 20.4 Å². The number of amides is 2. The molecule has 184 valence electrons. The molecule has 0 atom stereocenters. The van der Waals surface area contributed by atoms with E-state index in [1.165, 1.54) is 42.5 Å². The van der Waals surface area contributed by atoms with Crippen molar-refractivity contribution in [2.24, 2.45) is 0 Å². The lowest BCUT2D eigenvalue weighted by atomic mass is 10.2. The van der Waals surface area contributed by atoms with E-state index in [-0.39, 0.29) is 22.7 Å². The molecule has 0 aliphatic rings. The minimum Gasteiger partial charge on any atom is -0.484 e. The maximum absolute atomic E-state index is 13.0. The van der Waals surface area contributed by atoms with Gasteiger partial charge in [0, 0.05) is 11.3 Å². The van der Waals surface area contributed by atoms with Gasteiger partial charge in [-0.1, -0.05) is 18.2 Å². The van der Waals surface area contributed by atoms with E-state index in [4.69, 9.17) is 4.74 Å². The smallest absolute Gasteiger partial charge is 0.418 e. The maximum Gasteiger partial charge on any atom is 0.418 e. The SMILES string of the molecule is O=C(COc1ccc(C(=O)NNc2ccccc2C(F)(F)F)cc1)Nc1cccc(C(F)(F)F)c1. The second kappa shape index (κ2) is 10.4. The minimum absolute atomic E-state index is 0.0555. The molecule has 0 aliphatic carbocycles. The van der Waals surface area contributed by atoms with Gasteiger partial charge in [-0.25, -0.2) is 0 Å². The van der Waals surface area contributed by atoms with Crippen LogP contribution in [-0.4, -0.2) is 18.4 Å². The highest BCUT2D eigenvalue weighted by Crippen LogP contribution is 2.34. The molecule has 0 saturated heterocycles. The molecule has 0 saturated carbocycles. The zero-order chi connectivity index (χ0) is 25.6. The van der Waals surface area contributed by atoms with E-state index < -0.39 is 41.9 Å². The van der Waals surface area contributed by atoms with E-state index >= 15 is 0 Å². The second-order valence-electron chi connectivity index (χ2n) is 7.06.